The molecule has 0 heterocycles. The topological polar surface area (TPSA) is 0 Å². The molecule has 0 aliphatic heterocycles. The third-order valence-electron chi connectivity index (χ3n) is 0.603. The molecule has 2 heteroatoms. The van der Waals surface area contributed by atoms with Crippen LogP contribution in [-0.4, -0.2) is 10.8 Å². The van der Waals surface area contributed by atoms with Gasteiger partial charge in [0.15, 0.2) is 0 Å². The first-order valence-corrected chi connectivity index (χ1v) is 3.40. The molecule has 8 heavy (non-hydrogen) atoms. The fourth-order valence-electron chi connectivity index (χ4n) is 0.325. The van der Waals surface area contributed by atoms with Crippen LogP contribution in [0, 0.1) is 0 Å². The molecule has 0 fully saturated rings. The average molecular weight is 153 g/mol. The number of hydrogen-bond acceptors (Lipinski definition) is 0. The summed E-state index contributed by atoms with van der Waals surface area (Å²) in [6.45, 7) is 3.83. The van der Waals surface area contributed by atoms with E-state index in [0.29, 0.717) is 5.88 Å². The molecule has 0 N–H and O–H groups in total. The number of allylic oxidation sites excluding steroid dienone is 2. The van der Waals surface area contributed by atoms with E-state index >= 15 is 0 Å². The lowest BCUT2D eigenvalue weighted by molar-refractivity contribution is 0.881. The van der Waals surface area contributed by atoms with E-state index in [1.165, 1.54) is 0 Å². The molecule has 0 nitrogen and oxygen atoms in total. The lowest BCUT2D eigenvalue weighted by Crippen LogP contribution is -2.03. The van der Waals surface area contributed by atoms with Crippen LogP contribution in [-0.2, 0) is 0 Å². The van der Waals surface area contributed by atoms with E-state index in [1.54, 1.807) is 0 Å². The highest BCUT2D eigenvalue weighted by atomic mass is 35.5. The Morgan fingerprint density at radius 2 is 2.00 bits per heavy atom. The first-order valence-electron chi connectivity index (χ1n) is 2.49. The van der Waals surface area contributed by atoms with Crippen molar-refractivity contribution in [2.75, 3.05) is 5.88 Å². The van der Waals surface area contributed by atoms with Gasteiger partial charge in [-0.05, 0) is 13.8 Å². The highest BCUT2D eigenvalue weighted by molar-refractivity contribution is 6.24. The van der Waals surface area contributed by atoms with Gasteiger partial charge >= 0.3 is 0 Å². The Balaban J connectivity index is 3.52. The van der Waals surface area contributed by atoms with Gasteiger partial charge in [-0.1, -0.05) is 12.2 Å². The molecule has 0 aromatic rings. The second-order valence-corrected chi connectivity index (χ2v) is 3.40. The summed E-state index contributed by atoms with van der Waals surface area (Å²) in [5.41, 5.74) is 0. The Hall–Kier alpha value is 0.320. The zero-order valence-electron chi connectivity index (χ0n) is 5.12. The predicted molar refractivity (Wildman–Crippen MR) is 39.8 cm³/mol. The van der Waals surface area contributed by atoms with Crippen molar-refractivity contribution in [2.24, 2.45) is 0 Å². The van der Waals surface area contributed by atoms with Gasteiger partial charge in [0.05, 0.1) is 4.87 Å². The monoisotopic (exact) mass is 152 g/mol. The van der Waals surface area contributed by atoms with E-state index in [4.69, 9.17) is 23.2 Å². The second-order valence-electron chi connectivity index (χ2n) is 2.12. The zero-order valence-corrected chi connectivity index (χ0v) is 6.63. The lowest BCUT2D eigenvalue weighted by Gasteiger charge is -2.06. The summed E-state index contributed by atoms with van der Waals surface area (Å²) in [6.07, 6.45) is 3.72. The number of rotatable bonds is 2. The molecule has 0 saturated heterocycles. The summed E-state index contributed by atoms with van der Waals surface area (Å²) in [5.74, 6) is 0.538. The highest BCUT2D eigenvalue weighted by Crippen LogP contribution is 2.13. The van der Waals surface area contributed by atoms with Crippen LogP contribution >= 0.6 is 23.2 Å². The van der Waals surface area contributed by atoms with Crippen molar-refractivity contribution < 1.29 is 0 Å². The number of hydrogen-bond donors (Lipinski definition) is 0. The summed E-state index contributed by atoms with van der Waals surface area (Å²) in [5, 5.41) is 0. The summed E-state index contributed by atoms with van der Waals surface area (Å²) >= 11 is 11.1. The molecular formula is C6H10Cl2. The quantitative estimate of drug-likeness (QED) is 0.422. The SMILES string of the molecule is CC(C)(Cl)/C=C/CCl. The molecule has 0 spiro atoms. The van der Waals surface area contributed by atoms with Crippen molar-refractivity contribution in [3.8, 4) is 0 Å². The van der Waals surface area contributed by atoms with Crippen molar-refractivity contribution in [1.82, 2.24) is 0 Å². The largest absolute Gasteiger partial charge is 0.122 e. The van der Waals surface area contributed by atoms with E-state index in [0.717, 1.165) is 0 Å². The minimum Gasteiger partial charge on any atom is -0.122 e. The van der Waals surface area contributed by atoms with Crippen LogP contribution < -0.4 is 0 Å². The molecule has 0 aliphatic carbocycles. The average Bonchev–Trinajstić information content (AvgIpc) is 1.59. The lowest BCUT2D eigenvalue weighted by atomic mass is 10.2. The van der Waals surface area contributed by atoms with Crippen molar-refractivity contribution in [1.29, 1.82) is 0 Å². The summed E-state index contributed by atoms with van der Waals surface area (Å²) < 4.78 is 0. The van der Waals surface area contributed by atoms with E-state index in [-0.39, 0.29) is 4.87 Å². The molecule has 0 amide bonds. The minimum absolute atomic E-state index is 0.241. The molecule has 48 valence electrons. The highest BCUT2D eigenvalue weighted by Gasteiger charge is 2.05. The third-order valence-corrected chi connectivity index (χ3v) is 0.907. The fourth-order valence-corrected chi connectivity index (χ4v) is 0.503. The molecular weight excluding hydrogens is 143 g/mol. The maximum atomic E-state index is 5.77. The Kier molecular flexibility index (Phi) is 3.50. The smallest absolute Gasteiger partial charge is 0.0570 e. The van der Waals surface area contributed by atoms with E-state index < -0.39 is 0 Å². The zero-order chi connectivity index (χ0) is 6.62. The van der Waals surface area contributed by atoms with Gasteiger partial charge in [-0.25, -0.2) is 0 Å². The van der Waals surface area contributed by atoms with Crippen LogP contribution in [0.4, 0.5) is 0 Å². The van der Waals surface area contributed by atoms with E-state index in [9.17, 15) is 0 Å². The Morgan fingerprint density at radius 1 is 1.50 bits per heavy atom. The van der Waals surface area contributed by atoms with Crippen LogP contribution in [0.3, 0.4) is 0 Å². The van der Waals surface area contributed by atoms with Crippen LogP contribution in [0.25, 0.3) is 0 Å². The Bertz CT molecular complexity index is 79.0. The summed E-state index contributed by atoms with van der Waals surface area (Å²) in [4.78, 5) is -0.241. The molecule has 0 aromatic heterocycles. The summed E-state index contributed by atoms with van der Waals surface area (Å²) in [6, 6.07) is 0. The second kappa shape index (κ2) is 3.37. The van der Waals surface area contributed by atoms with Crippen LogP contribution in [0.15, 0.2) is 12.2 Å². The van der Waals surface area contributed by atoms with Gasteiger partial charge in [0.1, 0.15) is 0 Å². The third kappa shape index (κ3) is 6.32. The molecule has 0 rings (SSSR count). The van der Waals surface area contributed by atoms with Gasteiger partial charge in [0.2, 0.25) is 0 Å². The van der Waals surface area contributed by atoms with Gasteiger partial charge in [-0.2, -0.15) is 0 Å². The molecule has 0 aromatic carbocycles. The standard InChI is InChI=1S/C6H10Cl2/c1-6(2,8)4-3-5-7/h3-4H,5H2,1-2H3/b4-3+. The fraction of sp³-hybridized carbons (Fsp3) is 0.667. The molecule has 0 radical (unpaired) electrons. The van der Waals surface area contributed by atoms with Gasteiger partial charge < -0.3 is 0 Å². The first kappa shape index (κ1) is 8.32. The van der Waals surface area contributed by atoms with Crippen LogP contribution in [0.1, 0.15) is 13.8 Å². The predicted octanol–water partition coefficient (Wildman–Crippen LogP) is 2.80. The van der Waals surface area contributed by atoms with E-state index in [2.05, 4.69) is 0 Å². The molecule has 0 bridgehead atoms. The number of halogens is 2. The van der Waals surface area contributed by atoms with Crippen molar-refractivity contribution in [2.45, 2.75) is 18.7 Å². The minimum atomic E-state index is -0.241. The van der Waals surface area contributed by atoms with Gasteiger partial charge in [0.25, 0.3) is 0 Å². The maximum Gasteiger partial charge on any atom is 0.0570 e. The molecule has 0 saturated carbocycles. The van der Waals surface area contributed by atoms with Crippen LogP contribution in [0.5, 0.6) is 0 Å². The Labute approximate surface area is 60.5 Å². The first-order chi connectivity index (χ1) is 3.56. The molecule has 0 atom stereocenters. The maximum absolute atomic E-state index is 5.77. The Morgan fingerprint density at radius 3 is 2.12 bits per heavy atom. The van der Waals surface area contributed by atoms with Gasteiger partial charge in [-0.15, -0.1) is 23.2 Å². The van der Waals surface area contributed by atoms with Crippen molar-refractivity contribution in [3.05, 3.63) is 12.2 Å². The van der Waals surface area contributed by atoms with E-state index in [1.807, 2.05) is 26.0 Å². The molecule has 0 unspecified atom stereocenters. The number of alkyl halides is 2. The van der Waals surface area contributed by atoms with Crippen LogP contribution in [0.2, 0.25) is 0 Å². The molecule has 0 aliphatic rings. The normalized spacial score (nSPS) is 13.0. The van der Waals surface area contributed by atoms with Gasteiger partial charge in [-0.3, -0.25) is 0 Å². The van der Waals surface area contributed by atoms with Gasteiger partial charge in [0, 0.05) is 5.88 Å². The van der Waals surface area contributed by atoms with Crippen molar-refractivity contribution in [3.63, 3.8) is 0 Å². The van der Waals surface area contributed by atoms with Crippen molar-refractivity contribution >= 4 is 23.2 Å². The summed E-state index contributed by atoms with van der Waals surface area (Å²) in [7, 11) is 0.